The molecule has 0 fully saturated rings. The van der Waals surface area contributed by atoms with Crippen molar-refractivity contribution >= 4 is 0 Å². The van der Waals surface area contributed by atoms with Gasteiger partial charge in [-0.1, -0.05) is 13.8 Å². The fourth-order valence-corrected chi connectivity index (χ4v) is 1.41. The number of rotatable bonds is 6. The van der Waals surface area contributed by atoms with Gasteiger partial charge in [-0.05, 0) is 52.7 Å². The summed E-state index contributed by atoms with van der Waals surface area (Å²) in [6, 6.07) is 2.47. The maximum Gasteiger partial charge on any atom is 0.204 e. The zero-order chi connectivity index (χ0) is 15.6. The molecule has 0 amide bonds. The van der Waals surface area contributed by atoms with Crippen LogP contribution in [0.3, 0.4) is 0 Å². The van der Waals surface area contributed by atoms with E-state index in [9.17, 15) is 8.78 Å². The van der Waals surface area contributed by atoms with E-state index in [2.05, 4.69) is 0 Å². The normalized spacial score (nSPS) is 12.4. The van der Waals surface area contributed by atoms with E-state index in [-0.39, 0.29) is 11.5 Å². The molecule has 0 radical (unpaired) electrons. The molecule has 0 aliphatic carbocycles. The van der Waals surface area contributed by atoms with E-state index in [4.69, 9.17) is 9.47 Å². The smallest absolute Gasteiger partial charge is 0.204 e. The Morgan fingerprint density at radius 2 is 1.40 bits per heavy atom. The second-order valence-electron chi connectivity index (χ2n) is 6.12. The third-order valence-electron chi connectivity index (χ3n) is 3.48. The Morgan fingerprint density at radius 1 is 0.900 bits per heavy atom. The molecule has 1 rings (SSSR count). The fourth-order valence-electron chi connectivity index (χ4n) is 1.41. The van der Waals surface area contributed by atoms with Crippen LogP contribution in [0, 0.1) is 11.6 Å². The molecule has 0 aliphatic heterocycles. The lowest BCUT2D eigenvalue weighted by molar-refractivity contribution is 0.0678. The average molecular weight is 286 g/mol. The van der Waals surface area contributed by atoms with Gasteiger partial charge in [-0.2, -0.15) is 4.39 Å². The summed E-state index contributed by atoms with van der Waals surface area (Å²) in [5, 5.41) is 0. The van der Waals surface area contributed by atoms with Gasteiger partial charge in [0, 0.05) is 0 Å². The third kappa shape index (κ3) is 4.09. The van der Waals surface area contributed by atoms with Crippen LogP contribution in [-0.2, 0) is 0 Å². The summed E-state index contributed by atoms with van der Waals surface area (Å²) in [5.41, 5.74) is -1.07. The molecule has 0 heterocycles. The van der Waals surface area contributed by atoms with Crippen molar-refractivity contribution in [3.8, 4) is 11.5 Å². The molecule has 1 aromatic rings. The first-order valence-corrected chi connectivity index (χ1v) is 6.98. The van der Waals surface area contributed by atoms with Crippen LogP contribution in [0.1, 0.15) is 54.4 Å². The molecule has 0 aliphatic rings. The number of hydrogen-bond donors (Lipinski definition) is 0. The van der Waals surface area contributed by atoms with Crippen LogP contribution in [0.15, 0.2) is 12.1 Å². The first-order valence-electron chi connectivity index (χ1n) is 6.98. The molecule has 0 bridgehead atoms. The second kappa shape index (κ2) is 5.98. The van der Waals surface area contributed by atoms with Crippen LogP contribution in [0.4, 0.5) is 8.78 Å². The van der Waals surface area contributed by atoms with Crippen molar-refractivity contribution in [3.63, 3.8) is 0 Å². The van der Waals surface area contributed by atoms with Crippen LogP contribution in [-0.4, -0.2) is 11.2 Å². The number of ether oxygens (including phenoxy) is 2. The van der Waals surface area contributed by atoms with E-state index in [1.165, 1.54) is 6.07 Å². The van der Waals surface area contributed by atoms with Crippen molar-refractivity contribution in [3.05, 3.63) is 23.8 Å². The molecule has 0 spiro atoms. The minimum atomic E-state index is -1.00. The van der Waals surface area contributed by atoms with E-state index < -0.39 is 22.8 Å². The summed E-state index contributed by atoms with van der Waals surface area (Å²) in [7, 11) is 0. The molecule has 0 saturated heterocycles. The number of benzene rings is 1. The van der Waals surface area contributed by atoms with Crippen molar-refractivity contribution in [1.29, 1.82) is 0 Å². The van der Waals surface area contributed by atoms with Crippen LogP contribution >= 0.6 is 0 Å². The first kappa shape index (κ1) is 16.7. The Kier molecular flexibility index (Phi) is 5.00. The number of halogens is 2. The highest BCUT2D eigenvalue weighted by Crippen LogP contribution is 2.37. The molecular formula is C16H24F2O2. The van der Waals surface area contributed by atoms with Crippen molar-refractivity contribution in [2.24, 2.45) is 0 Å². The monoisotopic (exact) mass is 286 g/mol. The van der Waals surface area contributed by atoms with E-state index >= 15 is 0 Å². The van der Waals surface area contributed by atoms with Gasteiger partial charge in [0.05, 0.1) is 0 Å². The largest absolute Gasteiger partial charge is 0.484 e. The summed E-state index contributed by atoms with van der Waals surface area (Å²) in [5.74, 6) is -1.86. The minimum Gasteiger partial charge on any atom is -0.484 e. The molecule has 0 atom stereocenters. The van der Waals surface area contributed by atoms with Crippen LogP contribution in [0.5, 0.6) is 11.5 Å². The molecule has 0 aromatic heterocycles. The molecule has 1 aromatic carbocycles. The molecule has 20 heavy (non-hydrogen) atoms. The van der Waals surface area contributed by atoms with Crippen molar-refractivity contribution < 1.29 is 18.3 Å². The Morgan fingerprint density at radius 3 is 1.90 bits per heavy atom. The van der Waals surface area contributed by atoms with Crippen molar-refractivity contribution in [2.75, 3.05) is 0 Å². The predicted molar refractivity (Wildman–Crippen MR) is 76.4 cm³/mol. The van der Waals surface area contributed by atoms with Gasteiger partial charge in [-0.3, -0.25) is 0 Å². The molecule has 2 nitrogen and oxygen atoms in total. The lowest BCUT2D eigenvalue weighted by Crippen LogP contribution is -2.30. The topological polar surface area (TPSA) is 18.5 Å². The molecule has 4 heteroatoms. The van der Waals surface area contributed by atoms with Crippen LogP contribution in [0.2, 0.25) is 0 Å². The summed E-state index contributed by atoms with van der Waals surface area (Å²) < 4.78 is 38.9. The summed E-state index contributed by atoms with van der Waals surface area (Å²) in [4.78, 5) is 0. The molecule has 0 unspecified atom stereocenters. The van der Waals surface area contributed by atoms with E-state index in [0.717, 1.165) is 12.5 Å². The van der Waals surface area contributed by atoms with Gasteiger partial charge in [-0.15, -0.1) is 0 Å². The molecule has 0 N–H and O–H groups in total. The number of hydrogen-bond acceptors (Lipinski definition) is 2. The highest BCUT2D eigenvalue weighted by atomic mass is 19.2. The summed E-state index contributed by atoms with van der Waals surface area (Å²) in [6.45, 7) is 11.3. The maximum atomic E-state index is 14.0. The van der Waals surface area contributed by atoms with Crippen LogP contribution < -0.4 is 9.47 Å². The highest BCUT2D eigenvalue weighted by Gasteiger charge is 2.27. The van der Waals surface area contributed by atoms with Gasteiger partial charge in [-0.25, -0.2) is 4.39 Å². The molecular weight excluding hydrogens is 262 g/mol. The third-order valence-corrected chi connectivity index (χ3v) is 3.48. The average Bonchev–Trinajstić information content (AvgIpc) is 2.38. The molecule has 114 valence electrons. The van der Waals surface area contributed by atoms with Gasteiger partial charge in [0.2, 0.25) is 11.6 Å². The first-order chi connectivity index (χ1) is 9.12. The summed E-state index contributed by atoms with van der Waals surface area (Å²) in [6.07, 6.45) is 1.40. The Bertz CT molecular complexity index is 468. The molecule has 0 saturated carbocycles. The second-order valence-corrected chi connectivity index (χ2v) is 6.12. The lowest BCUT2D eigenvalue weighted by atomic mass is 10.1. The van der Waals surface area contributed by atoms with Crippen LogP contribution in [0.25, 0.3) is 0 Å². The van der Waals surface area contributed by atoms with Gasteiger partial charge in [0.1, 0.15) is 11.2 Å². The van der Waals surface area contributed by atoms with E-state index in [1.807, 2.05) is 41.5 Å². The van der Waals surface area contributed by atoms with Gasteiger partial charge in [0.15, 0.2) is 11.6 Å². The SMILES string of the molecule is CCC(C)(C)Oc1ccc(F)c(F)c1OC(C)(C)CC. The van der Waals surface area contributed by atoms with E-state index in [0.29, 0.717) is 6.42 Å². The van der Waals surface area contributed by atoms with Gasteiger partial charge < -0.3 is 9.47 Å². The lowest BCUT2D eigenvalue weighted by Gasteiger charge is -2.30. The van der Waals surface area contributed by atoms with Crippen molar-refractivity contribution in [2.45, 2.75) is 65.6 Å². The highest BCUT2D eigenvalue weighted by molar-refractivity contribution is 5.42. The standard InChI is InChI=1S/C16H24F2O2/c1-7-15(3,4)19-12-10-9-11(17)13(18)14(12)20-16(5,6)8-2/h9-10H,7-8H2,1-6H3. The van der Waals surface area contributed by atoms with E-state index in [1.54, 1.807) is 0 Å². The fraction of sp³-hybridized carbons (Fsp3) is 0.625. The van der Waals surface area contributed by atoms with Crippen molar-refractivity contribution in [1.82, 2.24) is 0 Å². The zero-order valence-electron chi connectivity index (χ0n) is 13.1. The van der Waals surface area contributed by atoms with Gasteiger partial charge >= 0.3 is 0 Å². The maximum absolute atomic E-state index is 14.0. The quantitative estimate of drug-likeness (QED) is 0.724. The predicted octanol–water partition coefficient (Wildman–Crippen LogP) is 5.10. The summed E-state index contributed by atoms with van der Waals surface area (Å²) >= 11 is 0. The Hall–Kier alpha value is -1.32. The van der Waals surface area contributed by atoms with Gasteiger partial charge in [0.25, 0.3) is 0 Å². The Labute approximate surface area is 120 Å². The Balaban J connectivity index is 3.21. The zero-order valence-corrected chi connectivity index (χ0v) is 13.1. The minimum absolute atomic E-state index is 0.154.